The standard InChI is InChI=1S/C23H30N4OS/c1-24-23(25-12-11-19-15-17-7-3-4-9-20(17)28-19)26-16-18-8-5-13-27(2)22(18)21-10-6-14-29-21/h3-4,6-7,9-10,14-15,18,22H,5,8,11-13,16H2,1-2H3,(H2,24,25,26). The minimum atomic E-state index is 0.491. The fourth-order valence-electron chi connectivity index (χ4n) is 4.30. The molecule has 2 unspecified atom stereocenters. The number of thiophene rings is 1. The minimum Gasteiger partial charge on any atom is -0.461 e. The number of nitrogens with one attached hydrogen (secondary N) is 2. The smallest absolute Gasteiger partial charge is 0.191 e. The Balaban J connectivity index is 1.29. The molecule has 1 aliphatic heterocycles. The highest BCUT2D eigenvalue weighted by atomic mass is 32.1. The maximum absolute atomic E-state index is 5.90. The minimum absolute atomic E-state index is 0.491. The molecular weight excluding hydrogens is 380 g/mol. The third-order valence-corrected chi connectivity index (χ3v) is 6.68. The van der Waals surface area contributed by atoms with Crippen molar-refractivity contribution in [3.05, 3.63) is 58.5 Å². The van der Waals surface area contributed by atoms with Crippen LogP contribution in [0.15, 0.2) is 57.3 Å². The second-order valence-electron chi connectivity index (χ2n) is 7.72. The van der Waals surface area contributed by atoms with Crippen LogP contribution in [0.1, 0.15) is 29.5 Å². The van der Waals surface area contributed by atoms with Crippen LogP contribution in [-0.2, 0) is 6.42 Å². The summed E-state index contributed by atoms with van der Waals surface area (Å²) in [6.07, 6.45) is 3.33. The molecule has 1 saturated heterocycles. The molecule has 4 rings (SSSR count). The van der Waals surface area contributed by atoms with Gasteiger partial charge >= 0.3 is 0 Å². The van der Waals surface area contributed by atoms with Crippen molar-refractivity contribution < 1.29 is 4.42 Å². The molecule has 2 N–H and O–H groups in total. The topological polar surface area (TPSA) is 52.8 Å². The monoisotopic (exact) mass is 410 g/mol. The first-order chi connectivity index (χ1) is 14.2. The zero-order valence-corrected chi connectivity index (χ0v) is 18.0. The number of piperidine rings is 1. The first-order valence-corrected chi connectivity index (χ1v) is 11.3. The summed E-state index contributed by atoms with van der Waals surface area (Å²) in [6, 6.07) is 15.2. The fourth-order valence-corrected chi connectivity index (χ4v) is 5.28. The van der Waals surface area contributed by atoms with Gasteiger partial charge in [-0.3, -0.25) is 9.89 Å². The molecule has 3 aromatic rings. The summed E-state index contributed by atoms with van der Waals surface area (Å²) in [5.74, 6) is 2.45. The van der Waals surface area contributed by atoms with Gasteiger partial charge in [-0.1, -0.05) is 24.3 Å². The number of hydrogen-bond acceptors (Lipinski definition) is 4. The second kappa shape index (κ2) is 9.46. The molecule has 0 bridgehead atoms. The first-order valence-electron chi connectivity index (χ1n) is 10.4. The highest BCUT2D eigenvalue weighted by Gasteiger charge is 2.31. The average Bonchev–Trinajstić information content (AvgIpc) is 3.40. The molecule has 0 saturated carbocycles. The van der Waals surface area contributed by atoms with Gasteiger partial charge in [0.1, 0.15) is 11.3 Å². The van der Waals surface area contributed by atoms with E-state index in [1.807, 2.05) is 36.6 Å². The number of likely N-dealkylation sites (tertiary alicyclic amines) is 1. The lowest BCUT2D eigenvalue weighted by atomic mass is 9.88. The molecule has 0 amide bonds. The number of benzene rings is 1. The normalized spacial score (nSPS) is 20.8. The van der Waals surface area contributed by atoms with Gasteiger partial charge in [-0.2, -0.15) is 0 Å². The van der Waals surface area contributed by atoms with Crippen molar-refractivity contribution in [2.45, 2.75) is 25.3 Å². The van der Waals surface area contributed by atoms with Crippen LogP contribution in [0.5, 0.6) is 0 Å². The summed E-state index contributed by atoms with van der Waals surface area (Å²) in [7, 11) is 4.08. The van der Waals surface area contributed by atoms with Gasteiger partial charge in [-0.25, -0.2) is 0 Å². The lowest BCUT2D eigenvalue weighted by Crippen LogP contribution is -2.45. The Hall–Kier alpha value is -2.31. The number of aliphatic imine (C=N–C) groups is 1. The highest BCUT2D eigenvalue weighted by molar-refractivity contribution is 7.10. The summed E-state index contributed by atoms with van der Waals surface area (Å²) in [6.45, 7) is 2.89. The number of fused-ring (bicyclic) bond motifs is 1. The zero-order chi connectivity index (χ0) is 20.1. The van der Waals surface area contributed by atoms with Gasteiger partial charge in [0, 0.05) is 42.9 Å². The SMILES string of the molecule is CN=C(NCCc1cc2ccccc2o1)NCC1CCCN(C)C1c1cccs1. The van der Waals surface area contributed by atoms with Gasteiger partial charge in [0.2, 0.25) is 0 Å². The Labute approximate surface area is 176 Å². The lowest BCUT2D eigenvalue weighted by molar-refractivity contribution is 0.125. The van der Waals surface area contributed by atoms with Crippen molar-refractivity contribution in [1.29, 1.82) is 0 Å². The highest BCUT2D eigenvalue weighted by Crippen LogP contribution is 2.36. The fraction of sp³-hybridized carbons (Fsp3) is 0.435. The van der Waals surface area contributed by atoms with Gasteiger partial charge < -0.3 is 15.1 Å². The Kier molecular flexibility index (Phi) is 6.52. The molecule has 1 fully saturated rings. The van der Waals surface area contributed by atoms with E-state index in [0.29, 0.717) is 12.0 Å². The van der Waals surface area contributed by atoms with E-state index in [2.05, 4.69) is 57.2 Å². The van der Waals surface area contributed by atoms with E-state index in [0.717, 1.165) is 42.2 Å². The van der Waals surface area contributed by atoms with E-state index < -0.39 is 0 Å². The maximum atomic E-state index is 5.90. The number of guanidine groups is 1. The molecule has 3 heterocycles. The van der Waals surface area contributed by atoms with Crippen LogP contribution < -0.4 is 10.6 Å². The third kappa shape index (κ3) is 4.82. The molecule has 29 heavy (non-hydrogen) atoms. The van der Waals surface area contributed by atoms with Crippen molar-refractivity contribution in [2.75, 3.05) is 33.7 Å². The predicted octanol–water partition coefficient (Wildman–Crippen LogP) is 4.28. The number of para-hydroxylation sites is 1. The van der Waals surface area contributed by atoms with E-state index in [-0.39, 0.29) is 0 Å². The predicted molar refractivity (Wildman–Crippen MR) is 122 cm³/mol. The lowest BCUT2D eigenvalue weighted by Gasteiger charge is -2.39. The molecule has 0 aliphatic carbocycles. The van der Waals surface area contributed by atoms with Gasteiger partial charge in [-0.05, 0) is 55.9 Å². The Bertz CT molecular complexity index is 900. The van der Waals surface area contributed by atoms with Crippen LogP contribution >= 0.6 is 11.3 Å². The molecule has 2 aromatic heterocycles. The van der Waals surface area contributed by atoms with Crippen molar-refractivity contribution in [3.8, 4) is 0 Å². The molecule has 1 aliphatic rings. The van der Waals surface area contributed by atoms with Crippen LogP contribution in [-0.4, -0.2) is 44.6 Å². The van der Waals surface area contributed by atoms with Crippen LogP contribution in [0.4, 0.5) is 0 Å². The summed E-state index contributed by atoms with van der Waals surface area (Å²) < 4.78 is 5.90. The van der Waals surface area contributed by atoms with E-state index in [1.165, 1.54) is 24.3 Å². The number of hydrogen-bond donors (Lipinski definition) is 2. The largest absolute Gasteiger partial charge is 0.461 e. The zero-order valence-electron chi connectivity index (χ0n) is 17.2. The van der Waals surface area contributed by atoms with Crippen LogP contribution in [0.25, 0.3) is 11.0 Å². The van der Waals surface area contributed by atoms with Crippen molar-refractivity contribution in [2.24, 2.45) is 10.9 Å². The van der Waals surface area contributed by atoms with Crippen LogP contribution in [0.3, 0.4) is 0 Å². The van der Waals surface area contributed by atoms with Gasteiger partial charge in [0.15, 0.2) is 5.96 Å². The van der Waals surface area contributed by atoms with Gasteiger partial charge in [0.05, 0.1) is 0 Å². The van der Waals surface area contributed by atoms with Crippen molar-refractivity contribution >= 4 is 28.3 Å². The maximum Gasteiger partial charge on any atom is 0.191 e. The molecular formula is C23H30N4OS. The Morgan fingerprint density at radius 1 is 1.24 bits per heavy atom. The Morgan fingerprint density at radius 3 is 2.93 bits per heavy atom. The van der Waals surface area contributed by atoms with Gasteiger partial charge in [-0.15, -0.1) is 11.3 Å². The number of furan rings is 1. The molecule has 0 radical (unpaired) electrons. The summed E-state index contributed by atoms with van der Waals surface area (Å²) in [5, 5.41) is 10.3. The number of rotatable bonds is 6. The molecule has 5 nitrogen and oxygen atoms in total. The molecule has 154 valence electrons. The van der Waals surface area contributed by atoms with E-state index in [9.17, 15) is 0 Å². The first kappa shape index (κ1) is 20.0. The molecule has 6 heteroatoms. The van der Waals surface area contributed by atoms with Crippen LogP contribution in [0.2, 0.25) is 0 Å². The number of nitrogens with zero attached hydrogens (tertiary/aromatic N) is 2. The summed E-state index contributed by atoms with van der Waals surface area (Å²) in [5.41, 5.74) is 0.950. The van der Waals surface area contributed by atoms with E-state index in [1.54, 1.807) is 0 Å². The van der Waals surface area contributed by atoms with Crippen LogP contribution in [0, 0.1) is 5.92 Å². The quantitative estimate of drug-likeness (QED) is 0.470. The molecule has 2 atom stereocenters. The molecule has 1 aromatic carbocycles. The second-order valence-corrected chi connectivity index (χ2v) is 8.70. The summed E-state index contributed by atoms with van der Waals surface area (Å²) in [4.78, 5) is 8.37. The van der Waals surface area contributed by atoms with Crippen molar-refractivity contribution in [3.63, 3.8) is 0 Å². The van der Waals surface area contributed by atoms with Gasteiger partial charge in [0.25, 0.3) is 0 Å². The average molecular weight is 411 g/mol. The van der Waals surface area contributed by atoms with E-state index in [4.69, 9.17) is 4.42 Å². The summed E-state index contributed by atoms with van der Waals surface area (Å²) >= 11 is 1.86. The van der Waals surface area contributed by atoms with E-state index >= 15 is 0 Å². The third-order valence-electron chi connectivity index (χ3n) is 5.74. The van der Waals surface area contributed by atoms with Crippen molar-refractivity contribution in [1.82, 2.24) is 15.5 Å². The molecule has 0 spiro atoms. The Morgan fingerprint density at radius 2 is 2.14 bits per heavy atom.